The van der Waals surface area contributed by atoms with Crippen LogP contribution in [0.4, 0.5) is 13.2 Å². The smallest absolute Gasteiger partial charge is 0.427 e. The van der Waals surface area contributed by atoms with Gasteiger partial charge in [-0.05, 0) is 54.7 Å². The second-order valence-electron chi connectivity index (χ2n) is 5.83. The highest BCUT2D eigenvalue weighted by Crippen LogP contribution is 2.40. The zero-order chi connectivity index (χ0) is 18.9. The van der Waals surface area contributed by atoms with E-state index in [0.717, 1.165) is 11.1 Å². The van der Waals surface area contributed by atoms with Crippen molar-refractivity contribution >= 4 is 23.1 Å². The molecule has 3 aromatic rings. The molecule has 0 atom stereocenters. The molecule has 7 heteroatoms. The average molecular weight is 398 g/mol. The molecular formula is C19H15ClF3NOS. The van der Waals surface area contributed by atoms with Crippen molar-refractivity contribution in [3.05, 3.63) is 69.1 Å². The van der Waals surface area contributed by atoms with E-state index in [1.54, 1.807) is 30.3 Å². The fourth-order valence-electron chi connectivity index (χ4n) is 2.53. The molecule has 0 N–H and O–H groups in total. The summed E-state index contributed by atoms with van der Waals surface area (Å²) in [6, 6.07) is 12.0. The minimum atomic E-state index is -4.48. The second kappa shape index (κ2) is 7.29. The molecule has 2 nitrogen and oxygen atoms in total. The maximum Gasteiger partial charge on any atom is 0.427 e. The summed E-state index contributed by atoms with van der Waals surface area (Å²) in [4.78, 5) is -0.743. The fourth-order valence-corrected chi connectivity index (χ4v) is 3.42. The van der Waals surface area contributed by atoms with Gasteiger partial charge >= 0.3 is 6.18 Å². The Kier molecular flexibility index (Phi) is 5.25. The molecule has 0 aliphatic carbocycles. The van der Waals surface area contributed by atoms with Crippen molar-refractivity contribution in [3.63, 3.8) is 0 Å². The summed E-state index contributed by atoms with van der Waals surface area (Å²) in [5.74, 6) is 0.561. The van der Waals surface area contributed by atoms with Crippen LogP contribution >= 0.6 is 23.1 Å². The van der Waals surface area contributed by atoms with Gasteiger partial charge in [0.1, 0.15) is 17.2 Å². The first kappa shape index (κ1) is 18.7. The molecule has 0 saturated carbocycles. The maximum absolute atomic E-state index is 13.4. The van der Waals surface area contributed by atoms with Gasteiger partial charge in [0, 0.05) is 16.1 Å². The molecule has 1 heterocycles. The number of alkyl halides is 3. The lowest BCUT2D eigenvalue weighted by molar-refractivity contribution is -0.135. The number of nitrogens with zero attached hydrogens (tertiary/aromatic N) is 1. The Morgan fingerprint density at radius 1 is 1.08 bits per heavy atom. The van der Waals surface area contributed by atoms with Crippen LogP contribution in [0.1, 0.15) is 21.6 Å². The van der Waals surface area contributed by atoms with Crippen LogP contribution in [0.5, 0.6) is 5.75 Å². The van der Waals surface area contributed by atoms with Crippen molar-refractivity contribution < 1.29 is 17.9 Å². The van der Waals surface area contributed by atoms with E-state index in [4.69, 9.17) is 16.3 Å². The van der Waals surface area contributed by atoms with E-state index in [-0.39, 0.29) is 17.9 Å². The van der Waals surface area contributed by atoms with Crippen LogP contribution in [-0.4, -0.2) is 4.37 Å². The molecule has 26 heavy (non-hydrogen) atoms. The Morgan fingerprint density at radius 3 is 2.42 bits per heavy atom. The lowest BCUT2D eigenvalue weighted by Gasteiger charge is -2.13. The fraction of sp³-hybridized carbons (Fsp3) is 0.211. The molecule has 0 aliphatic rings. The third-order valence-electron chi connectivity index (χ3n) is 4.09. The zero-order valence-corrected chi connectivity index (χ0v) is 15.6. The molecule has 0 saturated heterocycles. The quantitative estimate of drug-likeness (QED) is 0.490. The number of halogens is 4. The van der Waals surface area contributed by atoms with Gasteiger partial charge < -0.3 is 4.74 Å². The number of aryl methyl sites for hydroxylation is 1. The number of hydrogen-bond acceptors (Lipinski definition) is 3. The first-order valence-corrected chi connectivity index (χ1v) is 8.93. The van der Waals surface area contributed by atoms with Crippen LogP contribution in [0.25, 0.3) is 11.3 Å². The lowest BCUT2D eigenvalue weighted by atomic mass is 10.1. The average Bonchev–Trinajstić information content (AvgIpc) is 3.01. The van der Waals surface area contributed by atoms with Gasteiger partial charge in [-0.1, -0.05) is 35.9 Å². The highest BCUT2D eigenvalue weighted by Gasteiger charge is 2.38. The standard InChI is InChI=1S/C19H15ClF3NOS/c1-11-4-3-5-16(12(11)2)25-10-15-17(13-6-8-14(20)9-7-13)24-26-18(15)19(21,22)23/h3-9H,10H2,1-2H3. The van der Waals surface area contributed by atoms with Gasteiger partial charge in [0.15, 0.2) is 0 Å². The molecule has 0 unspecified atom stereocenters. The van der Waals surface area contributed by atoms with Crippen LogP contribution in [0.2, 0.25) is 5.02 Å². The van der Waals surface area contributed by atoms with Gasteiger partial charge in [-0.3, -0.25) is 0 Å². The van der Waals surface area contributed by atoms with E-state index < -0.39 is 11.1 Å². The number of hydrogen-bond donors (Lipinski definition) is 0. The molecular weight excluding hydrogens is 383 g/mol. The molecule has 0 fully saturated rings. The predicted molar refractivity (Wildman–Crippen MR) is 97.8 cm³/mol. The van der Waals surface area contributed by atoms with E-state index >= 15 is 0 Å². The number of aromatic nitrogens is 1. The third kappa shape index (κ3) is 3.86. The number of benzene rings is 2. The molecule has 0 radical (unpaired) electrons. The normalized spacial score (nSPS) is 11.6. The van der Waals surface area contributed by atoms with Crippen molar-refractivity contribution in [1.29, 1.82) is 0 Å². The topological polar surface area (TPSA) is 22.1 Å². The Balaban J connectivity index is 1.99. The van der Waals surface area contributed by atoms with Crippen molar-refractivity contribution in [2.24, 2.45) is 0 Å². The third-order valence-corrected chi connectivity index (χ3v) is 5.28. The summed E-state index contributed by atoms with van der Waals surface area (Å²) in [7, 11) is 0. The molecule has 1 aromatic heterocycles. The molecule has 2 aromatic carbocycles. The number of rotatable bonds is 4. The van der Waals surface area contributed by atoms with Crippen LogP contribution in [-0.2, 0) is 12.8 Å². The highest BCUT2D eigenvalue weighted by atomic mass is 35.5. The Hall–Kier alpha value is -2.05. The van der Waals surface area contributed by atoms with Gasteiger partial charge in [0.25, 0.3) is 0 Å². The molecule has 0 bridgehead atoms. The van der Waals surface area contributed by atoms with Gasteiger partial charge in [-0.25, -0.2) is 0 Å². The minimum Gasteiger partial charge on any atom is -0.488 e. The first-order valence-electron chi connectivity index (χ1n) is 7.78. The summed E-state index contributed by atoms with van der Waals surface area (Å²) in [5.41, 5.74) is 2.79. The molecule has 136 valence electrons. The van der Waals surface area contributed by atoms with E-state index in [1.807, 2.05) is 26.0 Å². The monoisotopic (exact) mass is 397 g/mol. The zero-order valence-electron chi connectivity index (χ0n) is 14.0. The first-order chi connectivity index (χ1) is 12.3. The van der Waals surface area contributed by atoms with Crippen LogP contribution in [0.15, 0.2) is 42.5 Å². The minimum absolute atomic E-state index is 0.0331. The van der Waals surface area contributed by atoms with Gasteiger partial charge in [-0.2, -0.15) is 17.5 Å². The van der Waals surface area contributed by atoms with Crippen LogP contribution in [0, 0.1) is 13.8 Å². The maximum atomic E-state index is 13.4. The Labute approximate surface area is 158 Å². The van der Waals surface area contributed by atoms with Gasteiger partial charge in [0.2, 0.25) is 0 Å². The summed E-state index contributed by atoms with van der Waals surface area (Å²) in [5, 5.41) is 0.508. The molecule has 0 aliphatic heterocycles. The van der Waals surface area contributed by atoms with Crippen LogP contribution in [0.3, 0.4) is 0 Å². The largest absolute Gasteiger partial charge is 0.488 e. The van der Waals surface area contributed by atoms with Crippen molar-refractivity contribution in [3.8, 4) is 17.0 Å². The number of ether oxygens (including phenoxy) is 1. The summed E-state index contributed by atoms with van der Waals surface area (Å²) >= 11 is 6.30. The van der Waals surface area contributed by atoms with E-state index in [2.05, 4.69) is 4.37 Å². The van der Waals surface area contributed by atoms with E-state index in [1.165, 1.54) is 0 Å². The molecule has 3 rings (SSSR count). The summed E-state index contributed by atoms with van der Waals surface area (Å²) in [6.45, 7) is 3.59. The van der Waals surface area contributed by atoms with E-state index in [9.17, 15) is 13.2 Å². The van der Waals surface area contributed by atoms with E-state index in [0.29, 0.717) is 27.9 Å². The Morgan fingerprint density at radius 2 is 1.77 bits per heavy atom. The summed E-state index contributed by atoms with van der Waals surface area (Å²) in [6.07, 6.45) is -4.48. The van der Waals surface area contributed by atoms with Crippen molar-refractivity contribution in [2.45, 2.75) is 26.6 Å². The van der Waals surface area contributed by atoms with Crippen molar-refractivity contribution in [2.75, 3.05) is 0 Å². The lowest BCUT2D eigenvalue weighted by Crippen LogP contribution is -2.09. The van der Waals surface area contributed by atoms with Crippen molar-refractivity contribution in [1.82, 2.24) is 4.37 Å². The molecule has 0 spiro atoms. The molecule has 0 amide bonds. The Bertz CT molecular complexity index is 920. The van der Waals surface area contributed by atoms with Gasteiger partial charge in [0.05, 0.1) is 5.69 Å². The highest BCUT2D eigenvalue weighted by molar-refractivity contribution is 7.06. The van der Waals surface area contributed by atoms with Crippen LogP contribution < -0.4 is 4.74 Å². The van der Waals surface area contributed by atoms with Gasteiger partial charge in [-0.15, -0.1) is 0 Å². The second-order valence-corrected chi connectivity index (χ2v) is 7.04. The summed E-state index contributed by atoms with van der Waals surface area (Å²) < 4.78 is 50.0. The predicted octanol–water partition coefficient (Wildman–Crippen LogP) is 6.68. The SMILES string of the molecule is Cc1cccc(OCc2c(-c3ccc(Cl)cc3)nsc2C(F)(F)F)c1C.